The molecule has 2 aromatic carbocycles. The molecule has 2 amide bonds. The zero-order chi connectivity index (χ0) is 19.9. The Kier molecular flexibility index (Phi) is 6.72. The molecule has 28 heavy (non-hydrogen) atoms. The largest absolute Gasteiger partial charge is 0.435 e. The number of hydrogen-bond donors (Lipinski definition) is 3. The first kappa shape index (κ1) is 20.0. The molecule has 0 aliphatic carbocycles. The van der Waals surface area contributed by atoms with E-state index in [0.29, 0.717) is 24.3 Å². The Morgan fingerprint density at radius 1 is 1.29 bits per heavy atom. The molecule has 9 heteroatoms. The molecule has 1 atom stereocenters. The summed E-state index contributed by atoms with van der Waals surface area (Å²) in [5, 5.41) is 8.13. The van der Waals surface area contributed by atoms with Gasteiger partial charge >= 0.3 is 12.6 Å². The first-order valence-corrected chi connectivity index (χ1v) is 8.71. The number of morpholine rings is 1. The van der Waals surface area contributed by atoms with Crippen molar-refractivity contribution in [3.05, 3.63) is 59.4 Å². The maximum Gasteiger partial charge on any atom is 0.387 e. The van der Waals surface area contributed by atoms with Gasteiger partial charge in [0.05, 0.1) is 18.4 Å². The van der Waals surface area contributed by atoms with Gasteiger partial charge in [0.1, 0.15) is 11.6 Å². The van der Waals surface area contributed by atoms with E-state index in [-0.39, 0.29) is 24.1 Å². The van der Waals surface area contributed by atoms with E-state index < -0.39 is 18.5 Å². The van der Waals surface area contributed by atoms with Crippen LogP contribution in [-0.4, -0.2) is 32.3 Å². The molecule has 0 spiro atoms. The number of rotatable bonds is 6. The lowest BCUT2D eigenvalue weighted by Crippen LogP contribution is -2.33. The Balaban J connectivity index is 1.54. The summed E-state index contributed by atoms with van der Waals surface area (Å²) in [6.45, 7) is -0.949. The number of carbonyl (C=O) groups is 1. The van der Waals surface area contributed by atoms with Gasteiger partial charge in [0.25, 0.3) is 0 Å². The lowest BCUT2D eigenvalue weighted by molar-refractivity contribution is -0.0498. The summed E-state index contributed by atoms with van der Waals surface area (Å²) in [5.74, 6) is -0.579. The van der Waals surface area contributed by atoms with Crippen LogP contribution in [0.2, 0.25) is 0 Å². The molecule has 6 nitrogen and oxygen atoms in total. The molecule has 1 fully saturated rings. The van der Waals surface area contributed by atoms with E-state index in [1.54, 1.807) is 12.1 Å². The second-order valence-electron chi connectivity index (χ2n) is 6.14. The van der Waals surface area contributed by atoms with Crippen LogP contribution in [0.1, 0.15) is 17.2 Å². The quantitative estimate of drug-likeness (QED) is 0.701. The highest BCUT2D eigenvalue weighted by Gasteiger charge is 2.17. The Morgan fingerprint density at radius 2 is 2.14 bits per heavy atom. The molecule has 3 N–H and O–H groups in total. The fourth-order valence-corrected chi connectivity index (χ4v) is 2.79. The number of halogens is 3. The fraction of sp³-hybridized carbons (Fsp3) is 0.316. The number of benzene rings is 2. The second-order valence-corrected chi connectivity index (χ2v) is 6.14. The highest BCUT2D eigenvalue weighted by atomic mass is 19.3. The maximum absolute atomic E-state index is 14.3. The zero-order valence-corrected chi connectivity index (χ0v) is 14.9. The van der Waals surface area contributed by atoms with E-state index in [2.05, 4.69) is 20.7 Å². The zero-order valence-electron chi connectivity index (χ0n) is 14.9. The second kappa shape index (κ2) is 9.43. The van der Waals surface area contributed by atoms with Crippen LogP contribution in [0.3, 0.4) is 0 Å². The van der Waals surface area contributed by atoms with Crippen molar-refractivity contribution in [2.45, 2.75) is 19.3 Å². The average molecular weight is 395 g/mol. The minimum absolute atomic E-state index is 0.00392. The predicted octanol–water partition coefficient (Wildman–Crippen LogP) is 3.41. The summed E-state index contributed by atoms with van der Waals surface area (Å²) in [6.07, 6.45) is -0.228. The van der Waals surface area contributed by atoms with Crippen molar-refractivity contribution in [1.29, 1.82) is 0 Å². The maximum atomic E-state index is 14.3. The van der Waals surface area contributed by atoms with Crippen molar-refractivity contribution in [3.63, 3.8) is 0 Å². The van der Waals surface area contributed by atoms with Crippen LogP contribution in [0.15, 0.2) is 42.5 Å². The summed E-state index contributed by atoms with van der Waals surface area (Å²) in [7, 11) is 0. The predicted molar refractivity (Wildman–Crippen MR) is 96.9 cm³/mol. The topological polar surface area (TPSA) is 71.6 Å². The number of nitrogens with one attached hydrogen (secondary N) is 3. The Morgan fingerprint density at radius 3 is 2.86 bits per heavy atom. The van der Waals surface area contributed by atoms with Gasteiger partial charge in [0, 0.05) is 19.6 Å². The number of ether oxygens (including phenoxy) is 2. The Labute approximate surface area is 160 Å². The number of anilines is 1. The Hall–Kier alpha value is -2.78. The summed E-state index contributed by atoms with van der Waals surface area (Å²) < 4.78 is 48.7. The van der Waals surface area contributed by atoms with E-state index in [1.165, 1.54) is 30.3 Å². The van der Waals surface area contributed by atoms with Gasteiger partial charge in [0.2, 0.25) is 0 Å². The van der Waals surface area contributed by atoms with Crippen molar-refractivity contribution >= 4 is 11.7 Å². The van der Waals surface area contributed by atoms with E-state index >= 15 is 0 Å². The van der Waals surface area contributed by atoms with Gasteiger partial charge in [0.15, 0.2) is 0 Å². The molecular weight excluding hydrogens is 375 g/mol. The summed E-state index contributed by atoms with van der Waals surface area (Å²) in [6, 6.07) is 9.83. The summed E-state index contributed by atoms with van der Waals surface area (Å²) in [5.41, 5.74) is 1.28. The van der Waals surface area contributed by atoms with Crippen LogP contribution in [0.4, 0.5) is 23.7 Å². The van der Waals surface area contributed by atoms with Crippen LogP contribution >= 0.6 is 0 Å². The lowest BCUT2D eigenvalue weighted by atomic mass is 10.1. The molecule has 1 heterocycles. The smallest absolute Gasteiger partial charge is 0.387 e. The third kappa shape index (κ3) is 5.61. The monoisotopic (exact) mass is 395 g/mol. The van der Waals surface area contributed by atoms with Crippen molar-refractivity contribution in [3.8, 4) is 5.75 Å². The minimum Gasteiger partial charge on any atom is -0.435 e. The standard InChI is InChI=1S/C19H20F3N3O3/c20-15-9-13(17-11-23-6-7-27-17)4-5-16(15)25-19(26)24-10-12-2-1-3-14(8-12)28-18(21)22/h1-5,8-9,17-18,23H,6-7,10-11H2,(H2,24,25,26)/t17-/m0/s1. The first-order valence-electron chi connectivity index (χ1n) is 8.71. The van der Waals surface area contributed by atoms with Gasteiger partial charge in [-0.2, -0.15) is 8.78 Å². The molecule has 0 radical (unpaired) electrons. The molecular formula is C19H20F3N3O3. The third-order valence-corrected chi connectivity index (χ3v) is 4.12. The van der Waals surface area contributed by atoms with Crippen LogP contribution in [0.5, 0.6) is 5.75 Å². The van der Waals surface area contributed by atoms with E-state index in [1.807, 2.05) is 0 Å². The van der Waals surface area contributed by atoms with E-state index in [0.717, 1.165) is 6.54 Å². The van der Waals surface area contributed by atoms with Gasteiger partial charge in [-0.3, -0.25) is 0 Å². The van der Waals surface area contributed by atoms with Crippen molar-refractivity contribution in [1.82, 2.24) is 10.6 Å². The van der Waals surface area contributed by atoms with E-state index in [4.69, 9.17) is 4.74 Å². The average Bonchev–Trinajstić information content (AvgIpc) is 2.68. The SMILES string of the molecule is O=C(NCc1cccc(OC(F)F)c1)Nc1ccc([C@@H]2CNCCO2)cc1F. The molecule has 1 aliphatic heterocycles. The van der Waals surface area contributed by atoms with Crippen molar-refractivity contribution in [2.75, 3.05) is 25.0 Å². The van der Waals surface area contributed by atoms with Crippen molar-refractivity contribution in [2.24, 2.45) is 0 Å². The molecule has 1 saturated heterocycles. The molecule has 1 aliphatic rings. The molecule has 3 rings (SSSR count). The summed E-state index contributed by atoms with van der Waals surface area (Å²) in [4.78, 5) is 12.0. The molecule has 0 aromatic heterocycles. The van der Waals surface area contributed by atoms with Gasteiger partial charge in [-0.05, 0) is 35.4 Å². The number of urea groups is 1. The van der Waals surface area contributed by atoms with Crippen molar-refractivity contribution < 1.29 is 27.4 Å². The van der Waals surface area contributed by atoms with Gasteiger partial charge < -0.3 is 25.4 Å². The van der Waals surface area contributed by atoms with E-state index in [9.17, 15) is 18.0 Å². The fourth-order valence-electron chi connectivity index (χ4n) is 2.79. The number of alkyl halides is 2. The van der Waals surface area contributed by atoms with Crippen LogP contribution < -0.4 is 20.7 Å². The molecule has 2 aromatic rings. The van der Waals surface area contributed by atoms with Gasteiger partial charge in [-0.15, -0.1) is 0 Å². The highest BCUT2D eigenvalue weighted by molar-refractivity contribution is 5.89. The number of carbonyl (C=O) groups excluding carboxylic acids is 1. The lowest BCUT2D eigenvalue weighted by Gasteiger charge is -2.24. The molecule has 150 valence electrons. The third-order valence-electron chi connectivity index (χ3n) is 4.12. The van der Waals surface area contributed by atoms with Gasteiger partial charge in [-0.1, -0.05) is 18.2 Å². The van der Waals surface area contributed by atoms with Gasteiger partial charge in [-0.25, -0.2) is 9.18 Å². The molecule has 0 bridgehead atoms. The summed E-state index contributed by atoms with van der Waals surface area (Å²) >= 11 is 0. The normalized spacial score (nSPS) is 16.6. The van der Waals surface area contributed by atoms with Crippen LogP contribution in [0.25, 0.3) is 0 Å². The molecule has 0 unspecified atom stereocenters. The van der Waals surface area contributed by atoms with Crippen LogP contribution in [-0.2, 0) is 11.3 Å². The highest BCUT2D eigenvalue weighted by Crippen LogP contribution is 2.23. The minimum atomic E-state index is -2.92. The molecule has 0 saturated carbocycles. The number of hydrogen-bond acceptors (Lipinski definition) is 4. The van der Waals surface area contributed by atoms with Crippen LogP contribution in [0, 0.1) is 5.82 Å². The first-order chi connectivity index (χ1) is 13.5. The number of amides is 2. The Bertz CT molecular complexity index is 814.